The molecule has 0 saturated carbocycles. The summed E-state index contributed by atoms with van der Waals surface area (Å²) < 4.78 is 3.52. The predicted octanol–water partition coefficient (Wildman–Crippen LogP) is 4.20. The van der Waals surface area contributed by atoms with Crippen molar-refractivity contribution in [3.63, 3.8) is 0 Å². The van der Waals surface area contributed by atoms with Crippen LogP contribution in [-0.4, -0.2) is 9.55 Å². The van der Waals surface area contributed by atoms with Gasteiger partial charge in [0.1, 0.15) is 5.82 Å². The summed E-state index contributed by atoms with van der Waals surface area (Å²) in [7, 11) is 0. The van der Waals surface area contributed by atoms with Gasteiger partial charge in [0.15, 0.2) is 0 Å². The Labute approximate surface area is 116 Å². The normalized spacial score (nSPS) is 18.7. The minimum atomic E-state index is 0.761. The first-order valence-electron chi connectivity index (χ1n) is 6.47. The highest BCUT2D eigenvalue weighted by molar-refractivity contribution is 9.10. The van der Waals surface area contributed by atoms with Crippen LogP contribution in [0.25, 0.3) is 11.3 Å². The average Bonchev–Trinajstić information content (AvgIpc) is 2.65. The molecule has 1 atom stereocenters. The fourth-order valence-electron chi connectivity index (χ4n) is 2.76. The summed E-state index contributed by atoms with van der Waals surface area (Å²) in [4.78, 5) is 4.75. The second-order valence-electron chi connectivity index (χ2n) is 5.22. The largest absolute Gasteiger partial charge is 0.328 e. The molecule has 3 rings (SSSR count). The molecule has 0 N–H and O–H groups in total. The van der Waals surface area contributed by atoms with Gasteiger partial charge in [-0.05, 0) is 31.4 Å². The second-order valence-corrected chi connectivity index (χ2v) is 6.13. The van der Waals surface area contributed by atoms with Gasteiger partial charge < -0.3 is 4.57 Å². The van der Waals surface area contributed by atoms with Crippen LogP contribution in [0.5, 0.6) is 0 Å². The van der Waals surface area contributed by atoms with Gasteiger partial charge in [0.05, 0.1) is 11.4 Å². The van der Waals surface area contributed by atoms with E-state index in [2.05, 4.69) is 58.6 Å². The fourth-order valence-corrected chi connectivity index (χ4v) is 3.03. The summed E-state index contributed by atoms with van der Waals surface area (Å²) in [5, 5.41) is 0. The number of imidazole rings is 1. The maximum Gasteiger partial charge on any atom is 0.109 e. The van der Waals surface area contributed by atoms with Gasteiger partial charge in [-0.25, -0.2) is 4.98 Å². The highest BCUT2D eigenvalue weighted by Gasteiger charge is 2.21. The summed E-state index contributed by atoms with van der Waals surface area (Å²) in [5.74, 6) is 2.02. The number of rotatable bonds is 1. The first-order chi connectivity index (χ1) is 8.65. The van der Waals surface area contributed by atoms with Crippen molar-refractivity contribution in [2.24, 2.45) is 5.92 Å². The smallest absolute Gasteiger partial charge is 0.109 e. The summed E-state index contributed by atoms with van der Waals surface area (Å²) in [6.45, 7) is 5.53. The Morgan fingerprint density at radius 1 is 1.28 bits per heavy atom. The monoisotopic (exact) mass is 304 g/mol. The average molecular weight is 305 g/mol. The van der Waals surface area contributed by atoms with Crippen molar-refractivity contribution in [3.05, 3.63) is 40.3 Å². The minimum absolute atomic E-state index is 0.761. The molecule has 0 spiro atoms. The third-order valence-electron chi connectivity index (χ3n) is 3.72. The lowest BCUT2D eigenvalue weighted by Crippen LogP contribution is -2.17. The molecule has 1 aliphatic rings. The zero-order valence-electron chi connectivity index (χ0n) is 10.8. The fraction of sp³-hybridized carbons (Fsp3) is 0.400. The maximum absolute atomic E-state index is 4.75. The van der Waals surface area contributed by atoms with Crippen LogP contribution in [0.15, 0.2) is 28.7 Å². The van der Waals surface area contributed by atoms with Gasteiger partial charge in [-0.1, -0.05) is 35.0 Å². The van der Waals surface area contributed by atoms with Crippen LogP contribution < -0.4 is 0 Å². The zero-order chi connectivity index (χ0) is 12.7. The van der Waals surface area contributed by atoms with Crippen LogP contribution in [0.1, 0.15) is 24.9 Å². The Kier molecular flexibility index (Phi) is 3.02. The molecule has 0 aliphatic carbocycles. The van der Waals surface area contributed by atoms with E-state index in [-0.39, 0.29) is 0 Å². The summed E-state index contributed by atoms with van der Waals surface area (Å²) in [6, 6.07) is 8.53. The van der Waals surface area contributed by atoms with E-state index in [1.807, 2.05) is 0 Å². The molecule has 1 aliphatic heterocycles. The third-order valence-corrected chi connectivity index (χ3v) is 4.24. The van der Waals surface area contributed by atoms with E-state index in [1.54, 1.807) is 0 Å². The molecule has 1 unspecified atom stereocenters. The minimum Gasteiger partial charge on any atom is -0.328 e. The summed E-state index contributed by atoms with van der Waals surface area (Å²) in [6.07, 6.45) is 2.36. The highest BCUT2D eigenvalue weighted by Crippen LogP contribution is 2.30. The number of nitrogens with zero attached hydrogens (tertiary/aromatic N) is 2. The van der Waals surface area contributed by atoms with Gasteiger partial charge in [-0.3, -0.25) is 0 Å². The lowest BCUT2D eigenvalue weighted by molar-refractivity contribution is 0.411. The Hall–Kier alpha value is -1.09. The van der Waals surface area contributed by atoms with E-state index < -0.39 is 0 Å². The van der Waals surface area contributed by atoms with Crippen molar-refractivity contribution in [1.82, 2.24) is 9.55 Å². The Balaban J connectivity index is 2.10. The topological polar surface area (TPSA) is 17.8 Å². The molecule has 0 bridgehead atoms. The van der Waals surface area contributed by atoms with Gasteiger partial charge in [0.2, 0.25) is 0 Å². The van der Waals surface area contributed by atoms with E-state index in [4.69, 9.17) is 4.98 Å². The number of hydrogen-bond acceptors (Lipinski definition) is 1. The molecule has 3 heteroatoms. The second kappa shape index (κ2) is 4.54. The Bertz CT molecular complexity index is 569. The quantitative estimate of drug-likeness (QED) is 0.772. The highest BCUT2D eigenvalue weighted by atomic mass is 79.9. The number of aromatic nitrogens is 2. The third kappa shape index (κ3) is 2.01. The van der Waals surface area contributed by atoms with Crippen LogP contribution in [0, 0.1) is 12.8 Å². The molecule has 2 nitrogen and oxygen atoms in total. The molecule has 1 aromatic heterocycles. The maximum atomic E-state index is 4.75. The van der Waals surface area contributed by atoms with Crippen LogP contribution in [0.2, 0.25) is 0 Å². The van der Waals surface area contributed by atoms with E-state index >= 15 is 0 Å². The van der Waals surface area contributed by atoms with Gasteiger partial charge in [0.25, 0.3) is 0 Å². The van der Waals surface area contributed by atoms with Gasteiger partial charge in [0, 0.05) is 23.0 Å². The van der Waals surface area contributed by atoms with Gasteiger partial charge >= 0.3 is 0 Å². The van der Waals surface area contributed by atoms with E-state index in [0.29, 0.717) is 0 Å². The molecular weight excluding hydrogens is 288 g/mol. The molecule has 0 radical (unpaired) electrons. The number of fused-ring (bicyclic) bond motifs is 1. The van der Waals surface area contributed by atoms with Crippen LogP contribution in [0.3, 0.4) is 0 Å². The first-order valence-corrected chi connectivity index (χ1v) is 7.26. The standard InChI is InChI=1S/C15H17BrN2/c1-10-7-8-18-14(9-10)17-11(2)15(18)12-3-5-13(16)6-4-12/h3-6,10H,7-9H2,1-2H3. The number of hydrogen-bond donors (Lipinski definition) is 0. The molecule has 18 heavy (non-hydrogen) atoms. The number of halogens is 1. The molecule has 0 saturated heterocycles. The van der Waals surface area contributed by atoms with Gasteiger partial charge in [-0.2, -0.15) is 0 Å². The van der Waals surface area contributed by atoms with Crippen molar-refractivity contribution in [3.8, 4) is 11.3 Å². The lowest BCUT2D eigenvalue weighted by Gasteiger charge is -2.21. The lowest BCUT2D eigenvalue weighted by atomic mass is 10.00. The Morgan fingerprint density at radius 2 is 2.00 bits per heavy atom. The van der Waals surface area contributed by atoms with E-state index in [1.165, 1.54) is 23.5 Å². The molecule has 2 heterocycles. The first kappa shape index (κ1) is 12.0. The van der Waals surface area contributed by atoms with Crippen LogP contribution >= 0.6 is 15.9 Å². The SMILES string of the molecule is Cc1nc2n(c1-c1ccc(Br)cc1)CCC(C)C2. The summed E-state index contributed by atoms with van der Waals surface area (Å²) >= 11 is 3.49. The molecule has 94 valence electrons. The van der Waals surface area contributed by atoms with Crippen LogP contribution in [0.4, 0.5) is 0 Å². The van der Waals surface area contributed by atoms with Gasteiger partial charge in [-0.15, -0.1) is 0 Å². The van der Waals surface area contributed by atoms with Crippen LogP contribution in [-0.2, 0) is 13.0 Å². The van der Waals surface area contributed by atoms with Crippen molar-refractivity contribution >= 4 is 15.9 Å². The zero-order valence-corrected chi connectivity index (χ0v) is 12.4. The van der Waals surface area contributed by atoms with E-state index in [0.717, 1.165) is 29.1 Å². The van der Waals surface area contributed by atoms with E-state index in [9.17, 15) is 0 Å². The molecular formula is C15H17BrN2. The predicted molar refractivity (Wildman–Crippen MR) is 77.6 cm³/mol. The molecule has 0 amide bonds. The Morgan fingerprint density at radius 3 is 2.72 bits per heavy atom. The summed E-state index contributed by atoms with van der Waals surface area (Å²) in [5.41, 5.74) is 3.72. The molecule has 0 fully saturated rings. The van der Waals surface area contributed by atoms with Crippen molar-refractivity contribution in [1.29, 1.82) is 0 Å². The van der Waals surface area contributed by atoms with Crippen molar-refractivity contribution in [2.75, 3.05) is 0 Å². The van der Waals surface area contributed by atoms with Crippen molar-refractivity contribution in [2.45, 2.75) is 33.2 Å². The van der Waals surface area contributed by atoms with Crippen molar-refractivity contribution < 1.29 is 0 Å². The number of benzene rings is 1. The molecule has 2 aromatic rings. The number of aryl methyl sites for hydroxylation is 1. The molecule has 1 aromatic carbocycles.